The second-order valence-electron chi connectivity index (χ2n) is 4.88. The van der Waals surface area contributed by atoms with Crippen molar-refractivity contribution in [1.29, 1.82) is 0 Å². The summed E-state index contributed by atoms with van der Waals surface area (Å²) >= 11 is 0. The van der Waals surface area contributed by atoms with Crippen molar-refractivity contribution < 1.29 is 21.6 Å². The van der Waals surface area contributed by atoms with Crippen molar-refractivity contribution >= 4 is 10.0 Å². The van der Waals surface area contributed by atoms with Crippen molar-refractivity contribution in [3.05, 3.63) is 29.8 Å². The second-order valence-corrected chi connectivity index (χ2v) is 6.64. The van der Waals surface area contributed by atoms with Crippen LogP contribution in [0.3, 0.4) is 0 Å². The van der Waals surface area contributed by atoms with Crippen LogP contribution in [-0.2, 0) is 16.2 Å². The van der Waals surface area contributed by atoms with E-state index >= 15 is 0 Å². The largest absolute Gasteiger partial charge is 0.416 e. The Morgan fingerprint density at radius 1 is 1.25 bits per heavy atom. The fourth-order valence-corrected chi connectivity index (χ4v) is 2.88. The van der Waals surface area contributed by atoms with Crippen LogP contribution in [0.5, 0.6) is 0 Å². The molecule has 0 saturated heterocycles. The first-order valence-corrected chi connectivity index (χ1v) is 7.61. The number of hydrogen-bond donors (Lipinski definition) is 2. The van der Waals surface area contributed by atoms with E-state index in [1.54, 1.807) is 0 Å². The first kappa shape index (κ1) is 15.3. The minimum atomic E-state index is -4.48. The fraction of sp³-hybridized carbons (Fsp3) is 0.500. The van der Waals surface area contributed by atoms with Crippen LogP contribution in [0.15, 0.2) is 29.2 Å². The molecule has 3 N–H and O–H groups in total. The lowest BCUT2D eigenvalue weighted by molar-refractivity contribution is -0.137. The molecule has 0 amide bonds. The van der Waals surface area contributed by atoms with E-state index in [1.165, 1.54) is 0 Å². The molecule has 1 aliphatic rings. The number of alkyl halides is 3. The zero-order valence-electron chi connectivity index (χ0n) is 10.5. The van der Waals surface area contributed by atoms with Crippen molar-refractivity contribution in [3.8, 4) is 0 Å². The first-order chi connectivity index (χ1) is 9.20. The highest BCUT2D eigenvalue weighted by Crippen LogP contribution is 2.31. The maximum Gasteiger partial charge on any atom is 0.416 e. The topological polar surface area (TPSA) is 72.2 Å². The Morgan fingerprint density at radius 3 is 2.25 bits per heavy atom. The maximum absolute atomic E-state index is 12.4. The molecule has 1 fully saturated rings. The minimum Gasteiger partial charge on any atom is -0.326 e. The third kappa shape index (κ3) is 3.71. The highest BCUT2D eigenvalue weighted by atomic mass is 32.2. The van der Waals surface area contributed by atoms with Crippen LogP contribution >= 0.6 is 0 Å². The van der Waals surface area contributed by atoms with E-state index < -0.39 is 21.8 Å². The Balaban J connectivity index is 2.05. The summed E-state index contributed by atoms with van der Waals surface area (Å²) in [7, 11) is -3.82. The Labute approximate surface area is 115 Å². The number of hydrogen-bond acceptors (Lipinski definition) is 3. The summed E-state index contributed by atoms with van der Waals surface area (Å²) in [6.45, 7) is 0.0913. The van der Waals surface area contributed by atoms with Crippen molar-refractivity contribution in [2.45, 2.75) is 30.0 Å². The van der Waals surface area contributed by atoms with Crippen LogP contribution in [0.1, 0.15) is 18.4 Å². The molecule has 1 saturated carbocycles. The standard InChI is InChI=1S/C12H15F3N2O2S/c13-12(14,15)9-3-5-10(6-4-9)20(18,19)17-7-11(16)8-1-2-8/h3-6,8,11,17H,1-2,7,16H2. The molecule has 0 bridgehead atoms. The van der Waals surface area contributed by atoms with Crippen LogP contribution in [0, 0.1) is 5.92 Å². The van der Waals surface area contributed by atoms with Crippen LogP contribution < -0.4 is 10.5 Å². The molecule has 0 aromatic heterocycles. The van der Waals surface area contributed by atoms with Crippen LogP contribution in [0.25, 0.3) is 0 Å². The Bertz CT molecular complexity index is 565. The molecule has 1 atom stereocenters. The summed E-state index contributed by atoms with van der Waals surface area (Å²) in [5, 5.41) is 0. The average molecular weight is 308 g/mol. The van der Waals surface area contributed by atoms with Gasteiger partial charge in [0.2, 0.25) is 10.0 Å². The molecule has 4 nitrogen and oxygen atoms in total. The minimum absolute atomic E-state index is 0.0913. The second kappa shape index (κ2) is 5.34. The summed E-state index contributed by atoms with van der Waals surface area (Å²) in [5.74, 6) is 0.338. The summed E-state index contributed by atoms with van der Waals surface area (Å²) in [4.78, 5) is -0.200. The van der Waals surface area contributed by atoms with Gasteiger partial charge in [-0.1, -0.05) is 0 Å². The lowest BCUT2D eigenvalue weighted by Crippen LogP contribution is -2.38. The van der Waals surface area contributed by atoms with Gasteiger partial charge in [0.1, 0.15) is 0 Å². The lowest BCUT2D eigenvalue weighted by Gasteiger charge is -2.12. The maximum atomic E-state index is 12.4. The number of rotatable bonds is 5. The van der Waals surface area contributed by atoms with Gasteiger partial charge in [-0.3, -0.25) is 0 Å². The molecule has 1 aromatic carbocycles. The predicted octanol–water partition coefficient (Wildman–Crippen LogP) is 1.72. The van der Waals surface area contributed by atoms with Gasteiger partial charge in [-0.25, -0.2) is 13.1 Å². The summed E-state index contributed by atoms with van der Waals surface area (Å²) in [6, 6.07) is 3.12. The molecule has 0 spiro atoms. The molecule has 8 heteroatoms. The van der Waals surface area contributed by atoms with Crippen LogP contribution in [-0.4, -0.2) is 21.0 Å². The number of benzene rings is 1. The highest BCUT2D eigenvalue weighted by Gasteiger charge is 2.31. The van der Waals surface area contributed by atoms with Crippen molar-refractivity contribution in [1.82, 2.24) is 4.72 Å². The fourth-order valence-electron chi connectivity index (χ4n) is 1.80. The van der Waals surface area contributed by atoms with Crippen LogP contribution in [0.2, 0.25) is 0 Å². The zero-order chi connectivity index (χ0) is 15.0. The molecule has 112 valence electrons. The van der Waals surface area contributed by atoms with Gasteiger partial charge in [-0.15, -0.1) is 0 Å². The number of sulfonamides is 1. The van der Waals surface area contributed by atoms with E-state index in [0.29, 0.717) is 5.92 Å². The molecule has 0 aliphatic heterocycles. The lowest BCUT2D eigenvalue weighted by atomic mass is 10.2. The van der Waals surface area contributed by atoms with E-state index in [4.69, 9.17) is 5.73 Å². The molecule has 0 heterocycles. The molecule has 2 rings (SSSR count). The number of nitrogens with one attached hydrogen (secondary N) is 1. The Morgan fingerprint density at radius 2 is 1.80 bits per heavy atom. The van der Waals surface area contributed by atoms with Gasteiger partial charge in [-0.05, 0) is 43.0 Å². The van der Waals surface area contributed by atoms with Gasteiger partial charge >= 0.3 is 6.18 Å². The van der Waals surface area contributed by atoms with Crippen molar-refractivity contribution in [2.75, 3.05) is 6.54 Å². The Hall–Kier alpha value is -1.12. The predicted molar refractivity (Wildman–Crippen MR) is 67.3 cm³/mol. The van der Waals surface area contributed by atoms with E-state index in [0.717, 1.165) is 37.1 Å². The average Bonchev–Trinajstić information content (AvgIpc) is 3.19. The van der Waals surface area contributed by atoms with Crippen molar-refractivity contribution in [3.63, 3.8) is 0 Å². The van der Waals surface area contributed by atoms with Gasteiger partial charge in [-0.2, -0.15) is 13.2 Å². The molecule has 1 aromatic rings. The smallest absolute Gasteiger partial charge is 0.326 e. The molecular formula is C12H15F3N2O2S. The SMILES string of the molecule is NC(CNS(=O)(=O)c1ccc(C(F)(F)F)cc1)C1CC1. The molecule has 1 aliphatic carbocycles. The van der Waals surface area contributed by atoms with Gasteiger partial charge in [0.05, 0.1) is 10.5 Å². The highest BCUT2D eigenvalue weighted by molar-refractivity contribution is 7.89. The first-order valence-electron chi connectivity index (χ1n) is 6.12. The van der Waals surface area contributed by atoms with Gasteiger partial charge < -0.3 is 5.73 Å². The normalized spacial score (nSPS) is 18.0. The molecule has 1 unspecified atom stereocenters. The zero-order valence-corrected chi connectivity index (χ0v) is 11.3. The molecule has 20 heavy (non-hydrogen) atoms. The molecule has 0 radical (unpaired) electrons. The van der Waals surface area contributed by atoms with Gasteiger partial charge in [0.25, 0.3) is 0 Å². The monoisotopic (exact) mass is 308 g/mol. The van der Waals surface area contributed by atoms with E-state index in [1.807, 2.05) is 0 Å². The number of halogens is 3. The van der Waals surface area contributed by atoms with Gasteiger partial charge in [0.15, 0.2) is 0 Å². The quantitative estimate of drug-likeness (QED) is 0.870. The third-order valence-corrected chi connectivity index (χ3v) is 4.67. The molecular weight excluding hydrogens is 293 g/mol. The number of nitrogens with two attached hydrogens (primary N) is 1. The van der Waals surface area contributed by atoms with E-state index in [9.17, 15) is 21.6 Å². The van der Waals surface area contributed by atoms with Gasteiger partial charge in [0, 0.05) is 12.6 Å². The van der Waals surface area contributed by atoms with Crippen molar-refractivity contribution in [2.24, 2.45) is 11.7 Å². The van der Waals surface area contributed by atoms with Crippen LogP contribution in [0.4, 0.5) is 13.2 Å². The third-order valence-electron chi connectivity index (χ3n) is 3.23. The summed E-state index contributed by atoms with van der Waals surface area (Å²) < 4.78 is 63.3. The Kier molecular flexibility index (Phi) is 4.08. The van der Waals surface area contributed by atoms with E-state index in [2.05, 4.69) is 4.72 Å². The van der Waals surface area contributed by atoms with E-state index in [-0.39, 0.29) is 17.5 Å². The summed E-state index contributed by atoms with van der Waals surface area (Å²) in [6.07, 6.45) is -2.50. The summed E-state index contributed by atoms with van der Waals surface area (Å²) in [5.41, 5.74) is 4.89.